The zero-order valence-corrected chi connectivity index (χ0v) is 13.6. The third-order valence-electron chi connectivity index (χ3n) is 5.58. The number of hydrogen-bond donors (Lipinski definition) is 2. The topological polar surface area (TPSA) is 66.4 Å². The zero-order valence-electron chi connectivity index (χ0n) is 12.8. The Morgan fingerprint density at radius 1 is 1.35 bits per heavy atom. The van der Waals surface area contributed by atoms with Gasteiger partial charge in [0.15, 0.2) is 0 Å². The Balaban J connectivity index is 1.34. The number of aliphatic carboxylic acids is 1. The Morgan fingerprint density at radius 2 is 2.13 bits per heavy atom. The molecule has 0 aliphatic heterocycles. The number of hydrogen-bond acceptors (Lipinski definition) is 2. The van der Waals surface area contributed by atoms with Crippen LogP contribution in [0.4, 0.5) is 0 Å². The van der Waals surface area contributed by atoms with E-state index in [1.54, 1.807) is 0 Å². The lowest BCUT2D eigenvalue weighted by Crippen LogP contribution is -2.35. The number of rotatable bonds is 6. The van der Waals surface area contributed by atoms with Gasteiger partial charge in [0.2, 0.25) is 5.91 Å². The Labute approximate surface area is 140 Å². The van der Waals surface area contributed by atoms with E-state index in [0.29, 0.717) is 24.2 Å². The van der Waals surface area contributed by atoms with Crippen LogP contribution in [0, 0.1) is 23.7 Å². The second-order valence-electron chi connectivity index (χ2n) is 7.22. The van der Waals surface area contributed by atoms with Gasteiger partial charge in [-0.15, -0.1) is 0 Å². The van der Waals surface area contributed by atoms with E-state index in [1.807, 2.05) is 18.2 Å². The van der Waals surface area contributed by atoms with E-state index in [1.165, 1.54) is 11.1 Å². The summed E-state index contributed by atoms with van der Waals surface area (Å²) >= 11 is 6.01. The summed E-state index contributed by atoms with van der Waals surface area (Å²) < 4.78 is 0. The second-order valence-corrected chi connectivity index (χ2v) is 7.66. The van der Waals surface area contributed by atoms with Gasteiger partial charge < -0.3 is 10.4 Å². The maximum Gasteiger partial charge on any atom is 0.308 e. The van der Waals surface area contributed by atoms with Crippen molar-refractivity contribution in [2.45, 2.75) is 31.6 Å². The van der Waals surface area contributed by atoms with Crippen LogP contribution in [0.15, 0.2) is 18.2 Å². The number of fused-ring (bicyclic) bond motifs is 3. The summed E-state index contributed by atoms with van der Waals surface area (Å²) in [5.74, 6) is 0.0000843. The maximum atomic E-state index is 12.4. The summed E-state index contributed by atoms with van der Waals surface area (Å²) in [6.07, 6.45) is 3.85. The van der Waals surface area contributed by atoms with Gasteiger partial charge in [-0.05, 0) is 53.9 Å². The predicted molar refractivity (Wildman–Crippen MR) is 86.4 cm³/mol. The molecule has 0 saturated heterocycles. The first kappa shape index (κ1) is 15.0. The third kappa shape index (κ3) is 2.85. The summed E-state index contributed by atoms with van der Waals surface area (Å²) in [6, 6.07) is 5.91. The van der Waals surface area contributed by atoms with E-state index >= 15 is 0 Å². The highest BCUT2D eigenvalue weighted by Crippen LogP contribution is 2.61. The van der Waals surface area contributed by atoms with Gasteiger partial charge >= 0.3 is 5.97 Å². The van der Waals surface area contributed by atoms with Crippen LogP contribution < -0.4 is 5.32 Å². The molecule has 4 atom stereocenters. The maximum absolute atomic E-state index is 12.4. The normalized spacial score (nSPS) is 28.7. The van der Waals surface area contributed by atoms with Gasteiger partial charge in [-0.2, -0.15) is 0 Å². The van der Waals surface area contributed by atoms with E-state index in [2.05, 4.69) is 5.32 Å². The highest BCUT2D eigenvalue weighted by atomic mass is 35.5. The van der Waals surface area contributed by atoms with Crippen LogP contribution in [0.2, 0.25) is 5.02 Å². The van der Waals surface area contributed by atoms with E-state index in [9.17, 15) is 14.7 Å². The first-order chi connectivity index (χ1) is 11.0. The lowest BCUT2D eigenvalue weighted by molar-refractivity contribution is -0.142. The van der Waals surface area contributed by atoms with Gasteiger partial charge in [0.25, 0.3) is 0 Å². The highest BCUT2D eigenvalue weighted by molar-refractivity contribution is 6.30. The predicted octanol–water partition coefficient (Wildman–Crippen LogP) is 2.84. The van der Waals surface area contributed by atoms with Crippen molar-refractivity contribution in [2.24, 2.45) is 23.7 Å². The number of carboxylic acid groups (broad SMARTS) is 1. The first-order valence-corrected chi connectivity index (χ1v) is 8.71. The molecule has 23 heavy (non-hydrogen) atoms. The fourth-order valence-corrected chi connectivity index (χ4v) is 4.30. The number of nitrogens with one attached hydrogen (secondary N) is 1. The van der Waals surface area contributed by atoms with Crippen LogP contribution in [0.3, 0.4) is 0 Å². The van der Waals surface area contributed by atoms with Crippen LogP contribution in [-0.4, -0.2) is 23.5 Å². The molecule has 2 fully saturated rings. The molecule has 0 aromatic heterocycles. The van der Waals surface area contributed by atoms with Gasteiger partial charge in [-0.25, -0.2) is 0 Å². The van der Waals surface area contributed by atoms with Crippen LogP contribution in [0.5, 0.6) is 0 Å². The third-order valence-corrected chi connectivity index (χ3v) is 5.81. The second kappa shape index (κ2) is 5.52. The number of carbonyl (C=O) groups excluding carboxylic acids is 1. The van der Waals surface area contributed by atoms with E-state index < -0.39 is 11.9 Å². The summed E-state index contributed by atoms with van der Waals surface area (Å²) in [5.41, 5.74) is 2.50. The number of carbonyl (C=O) groups is 2. The van der Waals surface area contributed by atoms with Crippen molar-refractivity contribution in [1.29, 1.82) is 0 Å². The molecule has 2 N–H and O–H groups in total. The molecule has 0 bridgehead atoms. The van der Waals surface area contributed by atoms with Crippen molar-refractivity contribution >= 4 is 23.5 Å². The van der Waals surface area contributed by atoms with Gasteiger partial charge in [0.05, 0.1) is 5.92 Å². The molecule has 0 radical (unpaired) electrons. The molecular weight excluding hydrogens is 314 g/mol. The van der Waals surface area contributed by atoms with Crippen molar-refractivity contribution < 1.29 is 14.7 Å². The van der Waals surface area contributed by atoms with Gasteiger partial charge in [-0.3, -0.25) is 9.59 Å². The van der Waals surface area contributed by atoms with Crippen molar-refractivity contribution in [2.75, 3.05) is 6.54 Å². The molecule has 1 aromatic carbocycles. The Morgan fingerprint density at radius 3 is 2.83 bits per heavy atom. The Kier molecular flexibility index (Phi) is 3.60. The van der Waals surface area contributed by atoms with Crippen molar-refractivity contribution in [1.82, 2.24) is 5.32 Å². The Hall–Kier alpha value is -1.55. The van der Waals surface area contributed by atoms with Crippen LogP contribution in [0.1, 0.15) is 36.3 Å². The molecule has 3 aliphatic rings. The fraction of sp³-hybridized carbons (Fsp3) is 0.556. The monoisotopic (exact) mass is 333 g/mol. The van der Waals surface area contributed by atoms with Crippen LogP contribution in [-0.2, 0) is 16.0 Å². The summed E-state index contributed by atoms with van der Waals surface area (Å²) in [4.78, 5) is 23.7. The molecule has 0 spiro atoms. The number of halogens is 1. The van der Waals surface area contributed by atoms with Crippen LogP contribution in [0.25, 0.3) is 0 Å². The van der Waals surface area contributed by atoms with Gasteiger partial charge in [0, 0.05) is 17.5 Å². The minimum atomic E-state index is -0.798. The average Bonchev–Trinajstić information content (AvgIpc) is 3.40. The molecule has 4 unspecified atom stereocenters. The number of benzene rings is 1. The molecule has 5 heteroatoms. The molecule has 4 nitrogen and oxygen atoms in total. The summed E-state index contributed by atoms with van der Waals surface area (Å²) in [6.45, 7) is 0.258. The molecule has 1 aromatic rings. The summed E-state index contributed by atoms with van der Waals surface area (Å²) in [5, 5.41) is 12.9. The smallest absolute Gasteiger partial charge is 0.308 e. The minimum absolute atomic E-state index is 0.0130. The largest absolute Gasteiger partial charge is 0.481 e. The van der Waals surface area contributed by atoms with Gasteiger partial charge in [0.1, 0.15) is 0 Å². The molecule has 0 heterocycles. The van der Waals surface area contributed by atoms with Crippen molar-refractivity contribution in [3.63, 3.8) is 0 Å². The fourth-order valence-electron chi connectivity index (χ4n) is 4.11. The Bertz CT molecular complexity index is 670. The number of amides is 1. The van der Waals surface area contributed by atoms with E-state index in [0.717, 1.165) is 24.3 Å². The lowest BCUT2D eigenvalue weighted by atomic mass is 10.0. The quantitative estimate of drug-likeness (QED) is 0.841. The molecule has 4 rings (SSSR count). The lowest BCUT2D eigenvalue weighted by Gasteiger charge is -2.14. The summed E-state index contributed by atoms with van der Waals surface area (Å²) in [7, 11) is 0. The molecule has 1 amide bonds. The van der Waals surface area contributed by atoms with Gasteiger partial charge in [-0.1, -0.05) is 30.5 Å². The first-order valence-electron chi connectivity index (χ1n) is 8.33. The van der Waals surface area contributed by atoms with Crippen LogP contribution >= 0.6 is 11.6 Å². The van der Waals surface area contributed by atoms with Crippen molar-refractivity contribution in [3.05, 3.63) is 34.3 Å². The molecular formula is C18H20ClNO3. The van der Waals surface area contributed by atoms with E-state index in [-0.39, 0.29) is 18.4 Å². The minimum Gasteiger partial charge on any atom is -0.481 e. The van der Waals surface area contributed by atoms with Crippen molar-refractivity contribution in [3.8, 4) is 0 Å². The molecule has 3 aliphatic carbocycles. The molecule has 122 valence electrons. The average molecular weight is 334 g/mol. The van der Waals surface area contributed by atoms with E-state index in [4.69, 9.17) is 11.6 Å². The highest BCUT2D eigenvalue weighted by Gasteiger charge is 2.59. The molecule has 2 saturated carbocycles. The SMILES string of the molecule is O=C(O)C(CNC(=O)C1C2Cc3cc(Cl)ccc3C21)CC1CC1. The zero-order chi connectivity index (χ0) is 16.1. The standard InChI is InChI=1S/C18H20ClNO3/c19-12-3-4-13-10(6-12)7-14-15(13)16(14)17(21)20-8-11(18(22)23)5-9-1-2-9/h3-4,6,9,11,14-16H,1-2,5,7-8H2,(H,20,21)(H,22,23). The number of carboxylic acids is 1.